The van der Waals surface area contributed by atoms with Crippen LogP contribution in [-0.4, -0.2) is 23.3 Å². The summed E-state index contributed by atoms with van der Waals surface area (Å²) in [5.41, 5.74) is 0.672. The molecule has 0 spiro atoms. The molecule has 0 aliphatic heterocycles. The number of rotatable bonds is 5. The smallest absolute Gasteiger partial charge is 0.281 e. The third-order valence-corrected chi connectivity index (χ3v) is 3.84. The van der Waals surface area contributed by atoms with Crippen LogP contribution in [0.2, 0.25) is 0 Å². The second-order valence-electron chi connectivity index (χ2n) is 3.88. The Morgan fingerprint density at radius 3 is 2.76 bits per heavy atom. The molecule has 2 rings (SSSR count). The number of thioether (sulfide) groups is 1. The Morgan fingerprint density at radius 2 is 2.24 bits per heavy atom. The zero-order valence-electron chi connectivity index (χ0n) is 11.1. The Labute approximate surface area is 133 Å². The van der Waals surface area contributed by atoms with Crippen molar-refractivity contribution in [1.29, 1.82) is 0 Å². The van der Waals surface area contributed by atoms with Crippen molar-refractivity contribution in [3.05, 3.63) is 39.0 Å². The molecular weight excluding hydrogens is 360 g/mol. The second kappa shape index (κ2) is 6.77. The Morgan fingerprint density at radius 1 is 1.48 bits per heavy atom. The fourth-order valence-corrected chi connectivity index (χ4v) is 2.74. The average Bonchev–Trinajstić information content (AvgIpc) is 2.83. The summed E-state index contributed by atoms with van der Waals surface area (Å²) in [6.07, 6.45) is 1.46. The molecule has 110 valence electrons. The van der Waals surface area contributed by atoms with Crippen LogP contribution in [0.15, 0.2) is 37.2 Å². The number of carbonyl (C=O) groups is 1. The minimum atomic E-state index is -1.32. The molecule has 1 heterocycles. The summed E-state index contributed by atoms with van der Waals surface area (Å²) in [5.74, 6) is -0.299. The SMILES string of the molecule is COc1ccc(/C=C(\Sc2nnc(C)o2)C(=O)[O-])cc1Br. The largest absolute Gasteiger partial charge is 0.544 e. The molecule has 0 radical (unpaired) electrons. The van der Waals surface area contributed by atoms with E-state index in [9.17, 15) is 9.90 Å². The summed E-state index contributed by atoms with van der Waals surface area (Å²) in [5, 5.41) is 18.7. The van der Waals surface area contributed by atoms with Crippen LogP contribution in [0.3, 0.4) is 0 Å². The maximum absolute atomic E-state index is 11.2. The summed E-state index contributed by atoms with van der Waals surface area (Å²) in [7, 11) is 1.55. The Hall–Kier alpha value is -1.80. The van der Waals surface area contributed by atoms with Crippen LogP contribution >= 0.6 is 27.7 Å². The lowest BCUT2D eigenvalue weighted by Gasteiger charge is -2.07. The van der Waals surface area contributed by atoms with Gasteiger partial charge < -0.3 is 19.1 Å². The van der Waals surface area contributed by atoms with E-state index in [0.717, 1.165) is 16.2 Å². The topological polar surface area (TPSA) is 88.3 Å². The van der Waals surface area contributed by atoms with Crippen molar-refractivity contribution in [3.63, 3.8) is 0 Å². The zero-order chi connectivity index (χ0) is 15.4. The van der Waals surface area contributed by atoms with Crippen molar-refractivity contribution in [2.24, 2.45) is 0 Å². The molecule has 8 heteroatoms. The van der Waals surface area contributed by atoms with E-state index in [0.29, 0.717) is 17.2 Å². The highest BCUT2D eigenvalue weighted by atomic mass is 79.9. The number of halogens is 1. The number of carbonyl (C=O) groups excluding carboxylic acids is 1. The normalized spacial score (nSPS) is 11.5. The van der Waals surface area contributed by atoms with Crippen molar-refractivity contribution < 1.29 is 19.1 Å². The number of aliphatic carboxylic acids is 1. The van der Waals surface area contributed by atoms with Crippen molar-refractivity contribution in [2.45, 2.75) is 12.1 Å². The maximum Gasteiger partial charge on any atom is 0.281 e. The number of hydrogen-bond acceptors (Lipinski definition) is 7. The summed E-state index contributed by atoms with van der Waals surface area (Å²) in [4.78, 5) is 11.2. The molecule has 0 saturated carbocycles. The first-order valence-corrected chi connectivity index (χ1v) is 7.35. The van der Waals surface area contributed by atoms with Crippen molar-refractivity contribution in [1.82, 2.24) is 10.2 Å². The van der Waals surface area contributed by atoms with Gasteiger partial charge in [-0.1, -0.05) is 6.07 Å². The average molecular weight is 370 g/mol. The minimum Gasteiger partial charge on any atom is -0.544 e. The van der Waals surface area contributed by atoms with Gasteiger partial charge in [0.25, 0.3) is 5.22 Å². The van der Waals surface area contributed by atoms with E-state index in [1.165, 1.54) is 6.08 Å². The minimum absolute atomic E-state index is 0.0317. The molecule has 0 bridgehead atoms. The number of benzene rings is 1. The quantitative estimate of drug-likeness (QED) is 0.588. The van der Waals surface area contributed by atoms with Gasteiger partial charge in [-0.05, 0) is 51.5 Å². The predicted molar refractivity (Wildman–Crippen MR) is 78.6 cm³/mol. The van der Waals surface area contributed by atoms with Gasteiger partial charge in [-0.25, -0.2) is 0 Å². The van der Waals surface area contributed by atoms with Crippen LogP contribution in [0.25, 0.3) is 6.08 Å². The van der Waals surface area contributed by atoms with Crippen LogP contribution in [-0.2, 0) is 4.79 Å². The van der Waals surface area contributed by atoms with E-state index in [1.54, 1.807) is 32.2 Å². The number of methoxy groups -OCH3 is 1. The number of carboxylic acids is 1. The standard InChI is InChI=1S/C13H11BrN2O4S/c1-7-15-16-13(20-7)21-11(12(17)18)6-8-3-4-10(19-2)9(14)5-8/h3-6H,1-2H3,(H,17,18)/p-1/b11-6-. The van der Waals surface area contributed by atoms with E-state index in [2.05, 4.69) is 26.1 Å². The van der Waals surface area contributed by atoms with Gasteiger partial charge in [0.2, 0.25) is 5.89 Å². The monoisotopic (exact) mass is 369 g/mol. The van der Waals surface area contributed by atoms with E-state index >= 15 is 0 Å². The van der Waals surface area contributed by atoms with E-state index in [4.69, 9.17) is 9.15 Å². The lowest BCUT2D eigenvalue weighted by molar-refractivity contribution is -0.298. The van der Waals surface area contributed by atoms with Crippen molar-refractivity contribution in [3.8, 4) is 5.75 Å². The molecule has 6 nitrogen and oxygen atoms in total. The highest BCUT2D eigenvalue weighted by Gasteiger charge is 2.09. The molecule has 0 atom stereocenters. The molecule has 0 amide bonds. The first-order chi connectivity index (χ1) is 9.99. The molecule has 0 saturated heterocycles. The number of hydrogen-bond donors (Lipinski definition) is 0. The highest BCUT2D eigenvalue weighted by molar-refractivity contribution is 9.10. The van der Waals surface area contributed by atoms with Gasteiger partial charge in [0.1, 0.15) is 5.75 Å². The van der Waals surface area contributed by atoms with Gasteiger partial charge in [0, 0.05) is 11.8 Å². The van der Waals surface area contributed by atoms with E-state index in [-0.39, 0.29) is 10.1 Å². The lowest BCUT2D eigenvalue weighted by atomic mass is 10.2. The summed E-state index contributed by atoms with van der Waals surface area (Å²) in [6.45, 7) is 1.63. The molecule has 0 aliphatic rings. The Balaban J connectivity index is 2.29. The molecule has 1 aromatic carbocycles. The number of nitrogens with zero attached hydrogens (tertiary/aromatic N) is 2. The van der Waals surface area contributed by atoms with Crippen LogP contribution < -0.4 is 9.84 Å². The van der Waals surface area contributed by atoms with Crippen molar-refractivity contribution in [2.75, 3.05) is 7.11 Å². The van der Waals surface area contributed by atoms with Crippen LogP contribution in [0.4, 0.5) is 0 Å². The summed E-state index contributed by atoms with van der Waals surface area (Å²) in [6, 6.07) is 5.19. The van der Waals surface area contributed by atoms with Gasteiger partial charge in [0.15, 0.2) is 0 Å². The fraction of sp³-hybridized carbons (Fsp3) is 0.154. The molecule has 1 aromatic heterocycles. The van der Waals surface area contributed by atoms with Gasteiger partial charge >= 0.3 is 0 Å². The summed E-state index contributed by atoms with van der Waals surface area (Å²) >= 11 is 4.18. The zero-order valence-corrected chi connectivity index (χ0v) is 13.5. The first kappa shape index (κ1) is 15.6. The highest BCUT2D eigenvalue weighted by Crippen LogP contribution is 2.30. The molecule has 0 aliphatic carbocycles. The van der Waals surface area contributed by atoms with Gasteiger partial charge in [-0.3, -0.25) is 0 Å². The molecule has 0 N–H and O–H groups in total. The second-order valence-corrected chi connectivity index (χ2v) is 5.73. The number of ether oxygens (including phenoxy) is 1. The molecule has 0 fully saturated rings. The van der Waals surface area contributed by atoms with E-state index < -0.39 is 5.97 Å². The maximum atomic E-state index is 11.2. The van der Waals surface area contributed by atoms with Crippen LogP contribution in [0, 0.1) is 6.92 Å². The van der Waals surface area contributed by atoms with Crippen LogP contribution in [0.5, 0.6) is 5.75 Å². The molecular formula is C13H10BrN2O4S-. The van der Waals surface area contributed by atoms with Gasteiger partial charge in [-0.2, -0.15) is 0 Å². The molecule has 0 unspecified atom stereocenters. The van der Waals surface area contributed by atoms with E-state index in [1.807, 2.05) is 0 Å². The van der Waals surface area contributed by atoms with Crippen LogP contribution in [0.1, 0.15) is 11.5 Å². The summed E-state index contributed by atoms with van der Waals surface area (Å²) < 4.78 is 11.0. The number of carboxylic acid groups (broad SMARTS) is 1. The Bertz CT molecular complexity index is 699. The first-order valence-electron chi connectivity index (χ1n) is 5.74. The fourth-order valence-electron chi connectivity index (χ4n) is 1.47. The third kappa shape index (κ3) is 4.08. The number of aromatic nitrogens is 2. The lowest BCUT2D eigenvalue weighted by Crippen LogP contribution is -2.23. The predicted octanol–water partition coefficient (Wildman–Crippen LogP) is 2.03. The molecule has 21 heavy (non-hydrogen) atoms. The van der Waals surface area contributed by atoms with Gasteiger partial charge in [-0.15, -0.1) is 10.2 Å². The van der Waals surface area contributed by atoms with Crippen molar-refractivity contribution >= 4 is 39.7 Å². The van der Waals surface area contributed by atoms with Gasteiger partial charge in [0.05, 0.1) is 17.6 Å². The Kier molecular flexibility index (Phi) is 5.03. The third-order valence-electron chi connectivity index (χ3n) is 2.38. The molecule has 2 aromatic rings. The number of aryl methyl sites for hydroxylation is 1.